The van der Waals surface area contributed by atoms with Crippen LogP contribution in [-0.2, 0) is 9.59 Å². The Morgan fingerprint density at radius 2 is 1.65 bits per heavy atom. The van der Waals surface area contributed by atoms with Gasteiger partial charge in [-0.15, -0.1) is 0 Å². The standard InChI is InChI=1S/C19H32N2O2/c1-19(2,3)9-17(22)21-11-15-14(16(15)12-21)10-20-18(23)13-7-5-4-6-8-13/h13-16H,4-12H2,1-3H3,(H,20,23). The average Bonchev–Trinajstić information content (AvgIpc) is 2.93. The molecule has 3 aliphatic rings. The second-order valence-corrected chi connectivity index (χ2v) is 9.11. The number of fused-ring (bicyclic) bond motifs is 1. The van der Waals surface area contributed by atoms with E-state index in [1.807, 2.05) is 4.90 Å². The fourth-order valence-electron chi connectivity index (χ4n) is 4.45. The molecule has 4 nitrogen and oxygen atoms in total. The number of carbonyl (C=O) groups excluding carboxylic acids is 2. The fourth-order valence-corrected chi connectivity index (χ4v) is 4.45. The van der Waals surface area contributed by atoms with Gasteiger partial charge in [-0.2, -0.15) is 0 Å². The van der Waals surface area contributed by atoms with Crippen LogP contribution in [0.3, 0.4) is 0 Å². The number of amides is 2. The second-order valence-electron chi connectivity index (χ2n) is 9.11. The van der Waals surface area contributed by atoms with Crippen LogP contribution in [0.15, 0.2) is 0 Å². The first-order valence-electron chi connectivity index (χ1n) is 9.40. The maximum Gasteiger partial charge on any atom is 0.223 e. The topological polar surface area (TPSA) is 49.4 Å². The van der Waals surface area contributed by atoms with Gasteiger partial charge in [0.25, 0.3) is 0 Å². The van der Waals surface area contributed by atoms with Crippen LogP contribution in [0.25, 0.3) is 0 Å². The van der Waals surface area contributed by atoms with Crippen LogP contribution in [0.4, 0.5) is 0 Å². The Kier molecular flexibility index (Phi) is 4.70. The van der Waals surface area contributed by atoms with Gasteiger partial charge in [-0.1, -0.05) is 40.0 Å². The molecule has 4 heteroatoms. The van der Waals surface area contributed by atoms with Gasteiger partial charge in [-0.3, -0.25) is 9.59 Å². The largest absolute Gasteiger partial charge is 0.356 e. The minimum Gasteiger partial charge on any atom is -0.356 e. The highest BCUT2D eigenvalue weighted by Gasteiger charge is 2.56. The second kappa shape index (κ2) is 6.45. The van der Waals surface area contributed by atoms with Crippen molar-refractivity contribution in [2.24, 2.45) is 29.1 Å². The molecule has 2 unspecified atom stereocenters. The van der Waals surface area contributed by atoms with Crippen molar-refractivity contribution < 1.29 is 9.59 Å². The normalized spacial score (nSPS) is 30.9. The van der Waals surface area contributed by atoms with Crippen molar-refractivity contribution in [1.29, 1.82) is 0 Å². The first kappa shape index (κ1) is 16.8. The third-order valence-corrected chi connectivity index (χ3v) is 5.89. The van der Waals surface area contributed by atoms with Crippen molar-refractivity contribution in [1.82, 2.24) is 10.2 Å². The molecule has 2 saturated carbocycles. The number of piperidine rings is 1. The monoisotopic (exact) mass is 320 g/mol. The minimum absolute atomic E-state index is 0.0667. The highest BCUT2D eigenvalue weighted by molar-refractivity contribution is 5.79. The first-order chi connectivity index (χ1) is 10.8. The number of carbonyl (C=O) groups is 2. The summed E-state index contributed by atoms with van der Waals surface area (Å²) >= 11 is 0. The Labute approximate surface area is 140 Å². The quantitative estimate of drug-likeness (QED) is 0.866. The Morgan fingerprint density at radius 3 is 2.22 bits per heavy atom. The molecular weight excluding hydrogens is 288 g/mol. The number of hydrogen-bond donors (Lipinski definition) is 1. The molecule has 0 radical (unpaired) electrons. The summed E-state index contributed by atoms with van der Waals surface area (Å²) in [4.78, 5) is 26.5. The zero-order valence-corrected chi connectivity index (χ0v) is 14.9. The van der Waals surface area contributed by atoms with Crippen LogP contribution in [0.2, 0.25) is 0 Å². The summed E-state index contributed by atoms with van der Waals surface area (Å²) in [5, 5.41) is 3.18. The van der Waals surface area contributed by atoms with E-state index in [1.165, 1.54) is 19.3 Å². The van der Waals surface area contributed by atoms with E-state index in [1.54, 1.807) is 0 Å². The van der Waals surface area contributed by atoms with Gasteiger partial charge in [0, 0.05) is 32.0 Å². The molecule has 1 heterocycles. The number of likely N-dealkylation sites (tertiary alicyclic amines) is 1. The summed E-state index contributed by atoms with van der Waals surface area (Å²) in [6.45, 7) is 8.99. The summed E-state index contributed by atoms with van der Waals surface area (Å²) in [6.07, 6.45) is 6.47. The highest BCUT2D eigenvalue weighted by Crippen LogP contribution is 2.51. The summed E-state index contributed by atoms with van der Waals surface area (Å²) < 4.78 is 0. The smallest absolute Gasteiger partial charge is 0.223 e. The maximum absolute atomic E-state index is 12.3. The zero-order valence-electron chi connectivity index (χ0n) is 14.9. The van der Waals surface area contributed by atoms with Gasteiger partial charge in [0.05, 0.1) is 0 Å². The lowest BCUT2D eigenvalue weighted by Gasteiger charge is -2.25. The lowest BCUT2D eigenvalue weighted by Crippen LogP contribution is -2.37. The lowest BCUT2D eigenvalue weighted by atomic mass is 9.88. The van der Waals surface area contributed by atoms with Gasteiger partial charge in [-0.25, -0.2) is 0 Å². The summed E-state index contributed by atoms with van der Waals surface area (Å²) in [5.41, 5.74) is 0.0667. The molecule has 3 fully saturated rings. The van der Waals surface area contributed by atoms with Crippen molar-refractivity contribution >= 4 is 11.8 Å². The van der Waals surface area contributed by atoms with E-state index in [-0.39, 0.29) is 17.2 Å². The Bertz CT molecular complexity index is 450. The Morgan fingerprint density at radius 1 is 1.04 bits per heavy atom. The van der Waals surface area contributed by atoms with Crippen LogP contribution in [0.5, 0.6) is 0 Å². The molecule has 1 N–H and O–H groups in total. The van der Waals surface area contributed by atoms with Gasteiger partial charge in [0.2, 0.25) is 11.8 Å². The summed E-state index contributed by atoms with van der Waals surface area (Å²) in [6, 6.07) is 0. The molecule has 0 spiro atoms. The minimum atomic E-state index is 0.0667. The molecule has 1 aliphatic heterocycles. The van der Waals surface area contributed by atoms with Crippen molar-refractivity contribution in [3.05, 3.63) is 0 Å². The van der Waals surface area contributed by atoms with Gasteiger partial charge >= 0.3 is 0 Å². The van der Waals surface area contributed by atoms with Crippen LogP contribution >= 0.6 is 0 Å². The number of nitrogens with one attached hydrogen (secondary N) is 1. The molecule has 23 heavy (non-hydrogen) atoms. The van der Waals surface area contributed by atoms with E-state index in [0.29, 0.717) is 30.1 Å². The Hall–Kier alpha value is -1.06. The van der Waals surface area contributed by atoms with Gasteiger partial charge in [-0.05, 0) is 36.0 Å². The SMILES string of the molecule is CC(C)(C)CC(=O)N1CC2C(CNC(=O)C3CCCCC3)C2C1. The fraction of sp³-hybridized carbons (Fsp3) is 0.895. The average molecular weight is 320 g/mol. The third kappa shape index (κ3) is 4.07. The zero-order chi connectivity index (χ0) is 16.6. The molecule has 3 rings (SSSR count). The number of hydrogen-bond acceptors (Lipinski definition) is 2. The van der Waals surface area contributed by atoms with E-state index >= 15 is 0 Å². The third-order valence-electron chi connectivity index (χ3n) is 5.89. The molecule has 2 amide bonds. The van der Waals surface area contributed by atoms with Crippen LogP contribution in [0.1, 0.15) is 59.3 Å². The van der Waals surface area contributed by atoms with Gasteiger partial charge < -0.3 is 10.2 Å². The molecule has 0 bridgehead atoms. The summed E-state index contributed by atoms with van der Waals surface area (Å²) in [7, 11) is 0. The lowest BCUT2D eigenvalue weighted by molar-refractivity contribution is -0.133. The molecular formula is C19H32N2O2. The molecule has 2 atom stereocenters. The number of nitrogens with zero attached hydrogens (tertiary/aromatic N) is 1. The van der Waals surface area contributed by atoms with E-state index < -0.39 is 0 Å². The Balaban J connectivity index is 1.37. The van der Waals surface area contributed by atoms with E-state index in [4.69, 9.17) is 0 Å². The van der Waals surface area contributed by atoms with Crippen molar-refractivity contribution in [3.8, 4) is 0 Å². The molecule has 1 saturated heterocycles. The predicted octanol–water partition coefficient (Wildman–Crippen LogP) is 2.82. The maximum atomic E-state index is 12.3. The van der Waals surface area contributed by atoms with E-state index in [2.05, 4.69) is 26.1 Å². The number of rotatable bonds is 4. The van der Waals surface area contributed by atoms with Crippen molar-refractivity contribution in [3.63, 3.8) is 0 Å². The first-order valence-corrected chi connectivity index (χ1v) is 9.40. The predicted molar refractivity (Wildman–Crippen MR) is 90.7 cm³/mol. The highest BCUT2D eigenvalue weighted by atomic mass is 16.2. The molecule has 0 aromatic carbocycles. The van der Waals surface area contributed by atoms with Crippen LogP contribution < -0.4 is 5.32 Å². The van der Waals surface area contributed by atoms with E-state index in [0.717, 1.165) is 32.5 Å². The van der Waals surface area contributed by atoms with Crippen molar-refractivity contribution in [2.45, 2.75) is 59.3 Å². The molecule has 0 aromatic heterocycles. The van der Waals surface area contributed by atoms with Crippen LogP contribution in [-0.4, -0.2) is 36.3 Å². The molecule has 130 valence electrons. The van der Waals surface area contributed by atoms with Crippen molar-refractivity contribution in [2.75, 3.05) is 19.6 Å². The summed E-state index contributed by atoms with van der Waals surface area (Å²) in [5.74, 6) is 2.70. The van der Waals surface area contributed by atoms with Gasteiger partial charge in [0.1, 0.15) is 0 Å². The van der Waals surface area contributed by atoms with Gasteiger partial charge in [0.15, 0.2) is 0 Å². The molecule has 0 aromatic rings. The van der Waals surface area contributed by atoms with Crippen LogP contribution in [0, 0.1) is 29.1 Å². The van der Waals surface area contributed by atoms with E-state index in [9.17, 15) is 9.59 Å². The molecule has 2 aliphatic carbocycles.